The average molecular weight is 418 g/mol. The van der Waals surface area contributed by atoms with Crippen molar-refractivity contribution in [3.05, 3.63) is 36.3 Å². The normalized spacial score (nSPS) is 20.2. The van der Waals surface area contributed by atoms with Gasteiger partial charge in [-0.1, -0.05) is 6.07 Å². The zero-order chi connectivity index (χ0) is 20.6. The Morgan fingerprint density at radius 3 is 2.90 bits per heavy atom. The second-order valence-corrected chi connectivity index (χ2v) is 8.75. The van der Waals surface area contributed by atoms with Crippen LogP contribution in [0.4, 0.5) is 5.82 Å². The number of nitrogens with one attached hydrogen (secondary N) is 1. The van der Waals surface area contributed by atoms with E-state index in [1.165, 1.54) is 6.33 Å². The van der Waals surface area contributed by atoms with Crippen molar-refractivity contribution in [3.8, 4) is 11.3 Å². The first kappa shape index (κ1) is 19.7. The number of anilines is 1. The van der Waals surface area contributed by atoms with Gasteiger partial charge < -0.3 is 15.6 Å². The Balaban J connectivity index is 1.65. The molecule has 0 unspecified atom stereocenters. The minimum Gasteiger partial charge on any atom is -0.394 e. The number of nitrogens with zero attached hydrogens (tertiary/aromatic N) is 4. The van der Waals surface area contributed by atoms with Crippen LogP contribution in [0.2, 0.25) is 0 Å². The maximum Gasteiger partial charge on any atom is 0.240 e. The number of aliphatic hydroxyl groups is 1. The molecule has 0 spiro atoms. The predicted molar refractivity (Wildman–Crippen MR) is 106 cm³/mol. The van der Waals surface area contributed by atoms with Gasteiger partial charge in [0.05, 0.1) is 36.1 Å². The van der Waals surface area contributed by atoms with Crippen LogP contribution in [0.1, 0.15) is 18.4 Å². The van der Waals surface area contributed by atoms with Crippen molar-refractivity contribution in [1.29, 1.82) is 0 Å². The van der Waals surface area contributed by atoms with Crippen LogP contribution in [0.25, 0.3) is 16.9 Å². The Hall–Kier alpha value is -2.60. The zero-order valence-corrected chi connectivity index (χ0v) is 16.6. The maximum absolute atomic E-state index is 12.9. The summed E-state index contributed by atoms with van der Waals surface area (Å²) in [6.07, 6.45) is 3.90. The molecular weight excluding hydrogens is 396 g/mol. The number of aliphatic hydroxyl groups excluding tert-OH is 1. The van der Waals surface area contributed by atoms with Crippen LogP contribution in [-0.2, 0) is 14.8 Å². The first-order valence-electron chi connectivity index (χ1n) is 9.19. The Morgan fingerprint density at radius 1 is 1.34 bits per heavy atom. The molecule has 4 rings (SSSR count). The lowest BCUT2D eigenvalue weighted by Crippen LogP contribution is -2.43. The van der Waals surface area contributed by atoms with E-state index >= 15 is 0 Å². The van der Waals surface area contributed by atoms with Crippen LogP contribution in [0.3, 0.4) is 0 Å². The fraction of sp³-hybridized carbons (Fsp3) is 0.389. The quantitative estimate of drug-likeness (QED) is 0.543. The number of benzene rings is 1. The molecule has 2 aromatic heterocycles. The van der Waals surface area contributed by atoms with E-state index in [0.717, 1.165) is 5.56 Å². The molecule has 29 heavy (non-hydrogen) atoms. The summed E-state index contributed by atoms with van der Waals surface area (Å²) in [4.78, 5) is 8.31. The average Bonchev–Trinajstić information content (AvgIpc) is 3.14. The lowest BCUT2D eigenvalue weighted by molar-refractivity contribution is -0.0280. The molecule has 0 bridgehead atoms. The number of rotatable bonds is 5. The van der Waals surface area contributed by atoms with Gasteiger partial charge in [-0.05, 0) is 37.5 Å². The number of aromatic nitrogens is 4. The molecule has 10 nitrogen and oxygen atoms in total. The van der Waals surface area contributed by atoms with Gasteiger partial charge in [0.25, 0.3) is 0 Å². The van der Waals surface area contributed by atoms with E-state index in [1.807, 2.05) is 6.92 Å². The summed E-state index contributed by atoms with van der Waals surface area (Å²) in [6.45, 7) is 2.05. The van der Waals surface area contributed by atoms with Gasteiger partial charge in [0.15, 0.2) is 11.5 Å². The molecular formula is C18H22N6O4S. The molecule has 0 saturated carbocycles. The van der Waals surface area contributed by atoms with E-state index < -0.39 is 10.0 Å². The number of hydrogen-bond donors (Lipinski definition) is 3. The summed E-state index contributed by atoms with van der Waals surface area (Å²) in [7, 11) is -3.76. The topological polar surface area (TPSA) is 145 Å². The molecule has 3 heterocycles. The van der Waals surface area contributed by atoms with Gasteiger partial charge in [-0.3, -0.25) is 0 Å². The molecule has 1 saturated heterocycles. The van der Waals surface area contributed by atoms with E-state index in [0.29, 0.717) is 29.7 Å². The molecule has 1 aliphatic heterocycles. The van der Waals surface area contributed by atoms with Crippen molar-refractivity contribution in [1.82, 2.24) is 24.3 Å². The Bertz CT molecular complexity index is 1140. The minimum absolute atomic E-state index is 0.0613. The largest absolute Gasteiger partial charge is 0.394 e. The second kappa shape index (κ2) is 7.67. The fourth-order valence-electron chi connectivity index (χ4n) is 3.39. The highest BCUT2D eigenvalue weighted by atomic mass is 32.2. The van der Waals surface area contributed by atoms with Gasteiger partial charge >= 0.3 is 0 Å². The van der Waals surface area contributed by atoms with Crippen molar-refractivity contribution >= 4 is 21.5 Å². The molecule has 11 heteroatoms. The Morgan fingerprint density at radius 2 is 2.17 bits per heavy atom. The summed E-state index contributed by atoms with van der Waals surface area (Å²) < 4.78 is 35.5. The van der Waals surface area contributed by atoms with Crippen LogP contribution in [0.5, 0.6) is 0 Å². The van der Waals surface area contributed by atoms with Crippen molar-refractivity contribution < 1.29 is 18.3 Å². The van der Waals surface area contributed by atoms with Gasteiger partial charge in [0.1, 0.15) is 6.33 Å². The summed E-state index contributed by atoms with van der Waals surface area (Å²) in [5.41, 5.74) is 8.42. The predicted octanol–water partition coefficient (Wildman–Crippen LogP) is 0.500. The minimum atomic E-state index is -3.76. The molecule has 1 fully saturated rings. The first-order valence-corrected chi connectivity index (χ1v) is 10.7. The zero-order valence-electron chi connectivity index (χ0n) is 15.8. The van der Waals surface area contributed by atoms with Gasteiger partial charge in [0, 0.05) is 11.6 Å². The Labute approximate surface area is 167 Å². The molecule has 1 aliphatic rings. The number of sulfonamides is 1. The third kappa shape index (κ3) is 3.81. The lowest BCUT2D eigenvalue weighted by atomic mass is 10.1. The van der Waals surface area contributed by atoms with Crippen LogP contribution in [-0.4, -0.2) is 58.5 Å². The number of nitrogen functional groups attached to an aromatic ring is 1. The summed E-state index contributed by atoms with van der Waals surface area (Å²) in [6, 6.07) is 4.57. The van der Waals surface area contributed by atoms with Crippen LogP contribution in [0, 0.1) is 6.92 Å². The van der Waals surface area contributed by atoms with E-state index in [9.17, 15) is 8.42 Å². The van der Waals surface area contributed by atoms with Gasteiger partial charge in [-0.2, -0.15) is 5.10 Å². The number of ether oxygens (including phenoxy) is 1. The van der Waals surface area contributed by atoms with Crippen molar-refractivity contribution in [2.45, 2.75) is 36.8 Å². The van der Waals surface area contributed by atoms with Crippen LogP contribution in [0.15, 0.2) is 35.6 Å². The molecule has 154 valence electrons. The highest BCUT2D eigenvalue weighted by molar-refractivity contribution is 7.89. The number of hydrogen-bond acceptors (Lipinski definition) is 8. The molecule has 1 aromatic carbocycles. The second-order valence-electron chi connectivity index (χ2n) is 7.03. The van der Waals surface area contributed by atoms with Gasteiger partial charge in [-0.25, -0.2) is 27.6 Å². The summed E-state index contributed by atoms with van der Waals surface area (Å²) >= 11 is 0. The fourth-order valence-corrected chi connectivity index (χ4v) is 4.67. The molecule has 0 aliphatic carbocycles. The van der Waals surface area contributed by atoms with Crippen molar-refractivity contribution in [2.75, 3.05) is 18.9 Å². The third-order valence-electron chi connectivity index (χ3n) is 5.02. The highest BCUT2D eigenvalue weighted by Gasteiger charge is 2.26. The van der Waals surface area contributed by atoms with Crippen molar-refractivity contribution in [2.24, 2.45) is 0 Å². The third-order valence-corrected chi connectivity index (χ3v) is 6.54. The molecule has 3 aromatic rings. The molecule has 4 N–H and O–H groups in total. The van der Waals surface area contributed by atoms with Crippen molar-refractivity contribution in [3.63, 3.8) is 0 Å². The number of aryl methyl sites for hydroxylation is 1. The van der Waals surface area contributed by atoms with Crippen LogP contribution >= 0.6 is 0 Å². The summed E-state index contributed by atoms with van der Waals surface area (Å²) in [5, 5.41) is 13.3. The van der Waals surface area contributed by atoms with E-state index in [2.05, 4.69) is 19.8 Å². The summed E-state index contributed by atoms with van der Waals surface area (Å²) in [5.74, 6) is 0.243. The van der Waals surface area contributed by atoms with E-state index in [4.69, 9.17) is 15.6 Å². The first-order chi connectivity index (χ1) is 13.9. The van der Waals surface area contributed by atoms with Gasteiger partial charge in [0.2, 0.25) is 10.0 Å². The van der Waals surface area contributed by atoms with E-state index in [1.54, 1.807) is 28.9 Å². The number of nitrogens with two attached hydrogens (primary N) is 1. The highest BCUT2D eigenvalue weighted by Crippen LogP contribution is 2.28. The van der Waals surface area contributed by atoms with Gasteiger partial charge in [-0.15, -0.1) is 0 Å². The molecule has 0 radical (unpaired) electrons. The molecule has 0 amide bonds. The molecule has 2 atom stereocenters. The standard InChI is InChI=1S/C18H22N6O4S/c1-11-2-5-14(29(26,27)23-12-3-4-13(8-25)28-9-12)6-15(11)16-7-20-18-17(19)21-10-22-24(16)18/h2,5-7,10,12-13,23,25H,3-4,8-9H2,1H3,(H2,19,21,22)/t12-,13+/m0/s1. The monoisotopic (exact) mass is 418 g/mol. The number of fused-ring (bicyclic) bond motifs is 1. The SMILES string of the molecule is Cc1ccc(S(=O)(=O)N[C@H]2CC[C@H](CO)OC2)cc1-c1cnc2c(N)ncnn12. The Kier molecular flexibility index (Phi) is 5.21. The maximum atomic E-state index is 12.9. The number of imidazole rings is 1. The van der Waals surface area contributed by atoms with E-state index in [-0.39, 0.29) is 36.1 Å². The van der Waals surface area contributed by atoms with Crippen LogP contribution < -0.4 is 10.5 Å². The smallest absolute Gasteiger partial charge is 0.240 e. The lowest BCUT2D eigenvalue weighted by Gasteiger charge is -2.28.